The number of aliphatic hydroxyl groups is 1. The standard InChI is InChI=1S/C14H21N5O7/c15-8(5-20)12(23)19-10(3-7-4-16-6-17-7)13(24)18-9(14(25)26)1-2-11(21)22/h4,6,8-10,20H,1-3,5,15H2,(H,16,17)(H,18,24)(H,19,23)(H,21,22)(H,25,26). The van der Waals surface area contributed by atoms with Crippen LogP contribution in [0.3, 0.4) is 0 Å². The van der Waals surface area contributed by atoms with Gasteiger partial charge in [-0.15, -0.1) is 0 Å². The molecule has 0 spiro atoms. The molecular weight excluding hydrogens is 350 g/mol. The molecule has 3 atom stereocenters. The number of carbonyl (C=O) groups excluding carboxylic acids is 2. The largest absolute Gasteiger partial charge is 0.481 e. The topological polar surface area (TPSA) is 208 Å². The van der Waals surface area contributed by atoms with Crippen LogP contribution in [-0.2, 0) is 25.6 Å². The molecule has 26 heavy (non-hydrogen) atoms. The van der Waals surface area contributed by atoms with Crippen molar-refractivity contribution < 1.29 is 34.5 Å². The summed E-state index contributed by atoms with van der Waals surface area (Å²) in [5.74, 6) is -4.25. The van der Waals surface area contributed by atoms with Crippen molar-refractivity contribution in [1.82, 2.24) is 20.6 Å². The van der Waals surface area contributed by atoms with E-state index in [9.17, 15) is 19.2 Å². The van der Waals surface area contributed by atoms with Gasteiger partial charge in [-0.2, -0.15) is 0 Å². The van der Waals surface area contributed by atoms with Crippen LogP contribution in [0.5, 0.6) is 0 Å². The first-order chi connectivity index (χ1) is 12.2. The second-order valence-electron chi connectivity index (χ2n) is 5.46. The first-order valence-corrected chi connectivity index (χ1v) is 7.63. The normalized spacial score (nSPS) is 14.1. The molecule has 1 rings (SSSR count). The molecular formula is C14H21N5O7. The van der Waals surface area contributed by atoms with E-state index in [0.29, 0.717) is 5.69 Å². The Hall–Kier alpha value is -2.99. The number of imidazole rings is 1. The van der Waals surface area contributed by atoms with Gasteiger partial charge in [-0.1, -0.05) is 0 Å². The number of aliphatic hydroxyl groups excluding tert-OH is 1. The molecule has 0 aliphatic heterocycles. The number of carboxylic acids is 2. The number of H-pyrrole nitrogens is 1. The van der Waals surface area contributed by atoms with Gasteiger partial charge in [-0.25, -0.2) is 9.78 Å². The summed E-state index contributed by atoms with van der Waals surface area (Å²) in [4.78, 5) is 52.6. The van der Waals surface area contributed by atoms with Crippen LogP contribution in [-0.4, -0.2) is 73.8 Å². The molecule has 3 unspecified atom stereocenters. The highest BCUT2D eigenvalue weighted by Gasteiger charge is 2.28. The van der Waals surface area contributed by atoms with Crippen LogP contribution in [0.4, 0.5) is 0 Å². The fourth-order valence-electron chi connectivity index (χ4n) is 1.98. The average Bonchev–Trinajstić information content (AvgIpc) is 3.09. The smallest absolute Gasteiger partial charge is 0.326 e. The minimum atomic E-state index is -1.44. The third kappa shape index (κ3) is 6.86. The number of hydrogen-bond donors (Lipinski definition) is 7. The Morgan fingerprint density at radius 1 is 1.15 bits per heavy atom. The third-order valence-corrected chi connectivity index (χ3v) is 3.41. The Balaban J connectivity index is 2.85. The number of amides is 2. The van der Waals surface area contributed by atoms with E-state index in [1.54, 1.807) is 0 Å². The monoisotopic (exact) mass is 371 g/mol. The van der Waals surface area contributed by atoms with Gasteiger partial charge in [-0.05, 0) is 6.42 Å². The summed E-state index contributed by atoms with van der Waals surface area (Å²) in [5.41, 5.74) is 5.88. The molecule has 0 bridgehead atoms. The van der Waals surface area contributed by atoms with Crippen LogP contribution in [0, 0.1) is 0 Å². The molecule has 8 N–H and O–H groups in total. The molecule has 0 fully saturated rings. The highest BCUT2D eigenvalue weighted by molar-refractivity contribution is 5.92. The van der Waals surface area contributed by atoms with Crippen LogP contribution >= 0.6 is 0 Å². The van der Waals surface area contributed by atoms with Gasteiger partial charge in [0, 0.05) is 24.7 Å². The lowest BCUT2D eigenvalue weighted by Crippen LogP contribution is -2.55. The summed E-state index contributed by atoms with van der Waals surface area (Å²) in [7, 11) is 0. The van der Waals surface area contributed by atoms with Crippen LogP contribution < -0.4 is 16.4 Å². The molecule has 0 saturated heterocycles. The predicted molar refractivity (Wildman–Crippen MR) is 85.7 cm³/mol. The summed E-state index contributed by atoms with van der Waals surface area (Å²) in [6.07, 6.45) is 1.96. The predicted octanol–water partition coefficient (Wildman–Crippen LogP) is -2.81. The Morgan fingerprint density at radius 3 is 2.31 bits per heavy atom. The number of nitrogens with zero attached hydrogens (tertiary/aromatic N) is 1. The van der Waals surface area contributed by atoms with E-state index in [4.69, 9.17) is 21.1 Å². The van der Waals surface area contributed by atoms with Crippen LogP contribution in [0.2, 0.25) is 0 Å². The fraction of sp³-hybridized carbons (Fsp3) is 0.500. The van der Waals surface area contributed by atoms with E-state index in [-0.39, 0.29) is 12.8 Å². The van der Waals surface area contributed by atoms with Gasteiger partial charge in [0.1, 0.15) is 18.1 Å². The highest BCUT2D eigenvalue weighted by atomic mass is 16.4. The van der Waals surface area contributed by atoms with Gasteiger partial charge in [-0.3, -0.25) is 14.4 Å². The molecule has 1 heterocycles. The van der Waals surface area contributed by atoms with Crippen molar-refractivity contribution in [3.05, 3.63) is 18.2 Å². The summed E-state index contributed by atoms with van der Waals surface area (Å²) in [6, 6.07) is -3.90. The van der Waals surface area contributed by atoms with E-state index < -0.39 is 54.9 Å². The van der Waals surface area contributed by atoms with Crippen LogP contribution in [0.1, 0.15) is 18.5 Å². The van der Waals surface area contributed by atoms with Gasteiger partial charge in [0.15, 0.2) is 0 Å². The first kappa shape index (κ1) is 21.1. The number of aliphatic carboxylic acids is 2. The number of rotatable bonds is 11. The van der Waals surface area contributed by atoms with Crippen molar-refractivity contribution in [3.8, 4) is 0 Å². The Kier molecular flexibility index (Phi) is 8.18. The van der Waals surface area contributed by atoms with Gasteiger partial charge in [0.25, 0.3) is 0 Å². The number of nitrogens with two attached hydrogens (primary N) is 1. The van der Waals surface area contributed by atoms with E-state index in [2.05, 4.69) is 20.6 Å². The maximum absolute atomic E-state index is 12.4. The lowest BCUT2D eigenvalue weighted by Gasteiger charge is -2.22. The lowest BCUT2D eigenvalue weighted by molar-refractivity contribution is -0.143. The number of carboxylic acid groups (broad SMARTS) is 2. The van der Waals surface area contributed by atoms with E-state index in [1.165, 1.54) is 12.5 Å². The average molecular weight is 371 g/mol. The van der Waals surface area contributed by atoms with Crippen molar-refractivity contribution in [1.29, 1.82) is 0 Å². The van der Waals surface area contributed by atoms with Crippen molar-refractivity contribution in [2.24, 2.45) is 5.73 Å². The maximum atomic E-state index is 12.4. The van der Waals surface area contributed by atoms with E-state index >= 15 is 0 Å². The molecule has 0 aromatic carbocycles. The molecule has 12 heteroatoms. The lowest BCUT2D eigenvalue weighted by atomic mass is 10.1. The molecule has 2 amide bonds. The summed E-state index contributed by atoms with van der Waals surface area (Å²) < 4.78 is 0. The molecule has 0 aliphatic carbocycles. The third-order valence-electron chi connectivity index (χ3n) is 3.41. The summed E-state index contributed by atoms with van der Waals surface area (Å²) in [5, 5.41) is 31.2. The van der Waals surface area contributed by atoms with Crippen LogP contribution in [0.25, 0.3) is 0 Å². The Bertz CT molecular complexity index is 634. The zero-order valence-corrected chi connectivity index (χ0v) is 13.7. The number of aromatic amines is 1. The maximum Gasteiger partial charge on any atom is 0.326 e. The molecule has 144 valence electrons. The van der Waals surface area contributed by atoms with Crippen molar-refractivity contribution in [2.45, 2.75) is 37.4 Å². The number of aromatic nitrogens is 2. The fourth-order valence-corrected chi connectivity index (χ4v) is 1.98. The van der Waals surface area contributed by atoms with Crippen LogP contribution in [0.15, 0.2) is 12.5 Å². The molecule has 0 aliphatic rings. The summed E-state index contributed by atoms with van der Waals surface area (Å²) >= 11 is 0. The SMILES string of the molecule is NC(CO)C(=O)NC(Cc1cnc[nH]1)C(=O)NC(CCC(=O)O)C(=O)O. The first-order valence-electron chi connectivity index (χ1n) is 7.63. The minimum Gasteiger partial charge on any atom is -0.481 e. The molecule has 12 nitrogen and oxygen atoms in total. The van der Waals surface area contributed by atoms with Gasteiger partial charge < -0.3 is 36.7 Å². The molecule has 0 radical (unpaired) electrons. The zero-order valence-electron chi connectivity index (χ0n) is 13.7. The number of carbonyl (C=O) groups is 4. The highest BCUT2D eigenvalue weighted by Crippen LogP contribution is 2.03. The minimum absolute atomic E-state index is 0.0407. The zero-order chi connectivity index (χ0) is 19.7. The van der Waals surface area contributed by atoms with Crippen molar-refractivity contribution >= 4 is 23.8 Å². The van der Waals surface area contributed by atoms with E-state index in [1.807, 2.05) is 0 Å². The van der Waals surface area contributed by atoms with Crippen molar-refractivity contribution in [2.75, 3.05) is 6.61 Å². The van der Waals surface area contributed by atoms with E-state index in [0.717, 1.165) is 0 Å². The summed E-state index contributed by atoms with van der Waals surface area (Å²) in [6.45, 7) is -0.638. The van der Waals surface area contributed by atoms with Crippen molar-refractivity contribution in [3.63, 3.8) is 0 Å². The molecule has 1 aromatic rings. The van der Waals surface area contributed by atoms with Gasteiger partial charge >= 0.3 is 11.9 Å². The van der Waals surface area contributed by atoms with Gasteiger partial charge in [0.05, 0.1) is 12.9 Å². The second-order valence-corrected chi connectivity index (χ2v) is 5.46. The second kappa shape index (κ2) is 10.1. The number of nitrogens with one attached hydrogen (secondary N) is 3. The molecule has 0 saturated carbocycles. The quantitative estimate of drug-likeness (QED) is 0.214. The Labute approximate surface area is 147 Å². The number of hydrogen-bond acceptors (Lipinski definition) is 7. The Morgan fingerprint density at radius 2 is 1.81 bits per heavy atom. The van der Waals surface area contributed by atoms with Gasteiger partial charge in [0.2, 0.25) is 11.8 Å². The molecule has 1 aromatic heterocycles.